The fourth-order valence-corrected chi connectivity index (χ4v) is 4.67. The zero-order chi connectivity index (χ0) is 27.5. The molecule has 0 atom stereocenters. The smallest absolute Gasteiger partial charge is 0.270 e. The van der Waals surface area contributed by atoms with Crippen molar-refractivity contribution in [2.75, 3.05) is 58.3 Å². The summed E-state index contributed by atoms with van der Waals surface area (Å²) in [4.78, 5) is 37.1. The molecule has 0 aliphatic carbocycles. The minimum Gasteiger partial charge on any atom is -0.492 e. The molecule has 2 aromatic carbocycles. The molecule has 39 heavy (non-hydrogen) atoms. The second-order valence-corrected chi connectivity index (χ2v) is 10.1. The lowest BCUT2D eigenvalue weighted by Crippen LogP contribution is -2.44. The number of hydrogen-bond acceptors (Lipinski definition) is 6. The quantitative estimate of drug-likeness (QED) is 0.361. The maximum Gasteiger partial charge on any atom is 0.270 e. The molecule has 2 heterocycles. The Bertz CT molecular complexity index is 1180. The van der Waals surface area contributed by atoms with Crippen LogP contribution in [0.1, 0.15) is 28.9 Å². The van der Waals surface area contributed by atoms with Crippen molar-refractivity contribution < 1.29 is 14.3 Å². The Morgan fingerprint density at radius 1 is 0.923 bits per heavy atom. The summed E-state index contributed by atoms with van der Waals surface area (Å²) in [5.74, 6) is 1.52. The van der Waals surface area contributed by atoms with E-state index in [9.17, 15) is 9.59 Å². The van der Waals surface area contributed by atoms with Gasteiger partial charge in [0.15, 0.2) is 0 Å². The Hall–Kier alpha value is -3.91. The van der Waals surface area contributed by atoms with Gasteiger partial charge < -0.3 is 24.8 Å². The van der Waals surface area contributed by atoms with Gasteiger partial charge in [0.25, 0.3) is 5.91 Å². The molecule has 1 aliphatic heterocycles. The highest BCUT2D eigenvalue weighted by molar-refractivity contribution is 5.92. The molecule has 1 aliphatic rings. The van der Waals surface area contributed by atoms with E-state index in [1.54, 1.807) is 6.07 Å². The van der Waals surface area contributed by atoms with Gasteiger partial charge in [0, 0.05) is 38.6 Å². The van der Waals surface area contributed by atoms with Crippen molar-refractivity contribution in [2.24, 2.45) is 5.92 Å². The van der Waals surface area contributed by atoms with Crippen LogP contribution in [0.15, 0.2) is 78.9 Å². The fourth-order valence-electron chi connectivity index (χ4n) is 4.67. The van der Waals surface area contributed by atoms with Crippen molar-refractivity contribution in [2.45, 2.75) is 19.4 Å². The molecule has 0 unspecified atom stereocenters. The van der Waals surface area contributed by atoms with E-state index in [1.807, 2.05) is 79.7 Å². The van der Waals surface area contributed by atoms with Gasteiger partial charge in [-0.2, -0.15) is 0 Å². The third-order valence-corrected chi connectivity index (χ3v) is 6.88. The number of carbonyl (C=O) groups is 2. The first-order valence-electron chi connectivity index (χ1n) is 13.6. The van der Waals surface area contributed by atoms with Crippen molar-refractivity contribution in [1.29, 1.82) is 0 Å². The van der Waals surface area contributed by atoms with E-state index in [0.29, 0.717) is 31.9 Å². The van der Waals surface area contributed by atoms with Gasteiger partial charge in [-0.25, -0.2) is 4.98 Å². The number of nitrogens with one attached hydrogen (secondary N) is 1. The lowest BCUT2D eigenvalue weighted by atomic mass is 9.95. The summed E-state index contributed by atoms with van der Waals surface area (Å²) < 4.78 is 5.64. The second kappa shape index (κ2) is 14.3. The number of piperidine rings is 1. The number of amides is 2. The second-order valence-electron chi connectivity index (χ2n) is 10.1. The average Bonchev–Trinajstić information content (AvgIpc) is 2.98. The maximum atomic E-state index is 13.5. The fraction of sp³-hybridized carbons (Fsp3) is 0.387. The molecule has 3 aromatic rings. The molecule has 1 fully saturated rings. The predicted molar refractivity (Wildman–Crippen MR) is 154 cm³/mol. The number of benzene rings is 2. The van der Waals surface area contributed by atoms with E-state index in [1.165, 1.54) is 0 Å². The Morgan fingerprint density at radius 3 is 2.31 bits per heavy atom. The SMILES string of the molecule is CN(C)CCN(Cc1ccccc1)C(=O)C1CCN(c2cccc(C(=O)NCCOc3ccccc3)n2)CC1. The number of carbonyl (C=O) groups excluding carboxylic acids is 2. The number of hydrogen-bond donors (Lipinski definition) is 1. The number of anilines is 1. The molecule has 1 aromatic heterocycles. The molecule has 0 bridgehead atoms. The summed E-state index contributed by atoms with van der Waals surface area (Å²) in [6.45, 7) is 4.39. The molecule has 1 N–H and O–H groups in total. The number of ether oxygens (including phenoxy) is 1. The summed E-state index contributed by atoms with van der Waals surface area (Å²) in [6, 6.07) is 25.2. The number of para-hydroxylation sites is 1. The minimum absolute atomic E-state index is 0.0109. The third-order valence-electron chi connectivity index (χ3n) is 6.88. The molecule has 0 radical (unpaired) electrons. The number of pyridine rings is 1. The van der Waals surface area contributed by atoms with Crippen LogP contribution in [0.5, 0.6) is 5.75 Å². The molecular formula is C31H39N5O3. The van der Waals surface area contributed by atoms with Crippen molar-refractivity contribution in [1.82, 2.24) is 20.1 Å². The van der Waals surface area contributed by atoms with Crippen molar-refractivity contribution in [3.8, 4) is 5.75 Å². The van der Waals surface area contributed by atoms with Gasteiger partial charge in [-0.05, 0) is 56.8 Å². The van der Waals surface area contributed by atoms with Crippen LogP contribution in [0.2, 0.25) is 0 Å². The van der Waals surface area contributed by atoms with E-state index in [0.717, 1.165) is 49.6 Å². The number of aromatic nitrogens is 1. The van der Waals surface area contributed by atoms with Gasteiger partial charge in [-0.3, -0.25) is 9.59 Å². The molecular weight excluding hydrogens is 490 g/mol. The normalized spacial score (nSPS) is 13.8. The third kappa shape index (κ3) is 8.55. The Balaban J connectivity index is 1.28. The van der Waals surface area contributed by atoms with Gasteiger partial charge in [0.2, 0.25) is 5.91 Å². The molecule has 0 spiro atoms. The van der Waals surface area contributed by atoms with Gasteiger partial charge in [0.05, 0.1) is 6.54 Å². The first kappa shape index (κ1) is 28.1. The summed E-state index contributed by atoms with van der Waals surface area (Å²) >= 11 is 0. The highest BCUT2D eigenvalue weighted by atomic mass is 16.5. The Labute approximate surface area is 231 Å². The monoisotopic (exact) mass is 529 g/mol. The van der Waals surface area contributed by atoms with E-state index in [2.05, 4.69) is 32.2 Å². The van der Waals surface area contributed by atoms with Crippen LogP contribution >= 0.6 is 0 Å². The van der Waals surface area contributed by atoms with E-state index < -0.39 is 0 Å². The molecule has 1 saturated heterocycles. The topological polar surface area (TPSA) is 78.0 Å². The number of likely N-dealkylation sites (N-methyl/N-ethyl adjacent to an activating group) is 1. The molecule has 2 amide bonds. The molecule has 4 rings (SSSR count). The van der Waals surface area contributed by atoms with Crippen LogP contribution in [0.3, 0.4) is 0 Å². The summed E-state index contributed by atoms with van der Waals surface area (Å²) in [5.41, 5.74) is 1.52. The zero-order valence-electron chi connectivity index (χ0n) is 23.0. The lowest BCUT2D eigenvalue weighted by molar-refractivity contribution is -0.137. The van der Waals surface area contributed by atoms with E-state index in [-0.39, 0.29) is 17.7 Å². The first-order chi connectivity index (χ1) is 19.0. The average molecular weight is 530 g/mol. The molecule has 206 valence electrons. The number of rotatable bonds is 12. The lowest BCUT2D eigenvalue weighted by Gasteiger charge is -2.35. The van der Waals surface area contributed by atoms with Crippen LogP contribution in [-0.4, -0.2) is 80.0 Å². The highest BCUT2D eigenvalue weighted by Gasteiger charge is 2.29. The van der Waals surface area contributed by atoms with Crippen LogP contribution in [0.4, 0.5) is 5.82 Å². The zero-order valence-corrected chi connectivity index (χ0v) is 23.0. The summed E-state index contributed by atoms with van der Waals surface area (Å²) in [5, 5.41) is 2.87. The van der Waals surface area contributed by atoms with Gasteiger partial charge in [-0.1, -0.05) is 54.6 Å². The molecule has 0 saturated carbocycles. The molecule has 8 nitrogen and oxygen atoms in total. The van der Waals surface area contributed by atoms with Crippen LogP contribution in [0, 0.1) is 5.92 Å². The van der Waals surface area contributed by atoms with Gasteiger partial charge >= 0.3 is 0 Å². The van der Waals surface area contributed by atoms with Crippen molar-refractivity contribution in [3.63, 3.8) is 0 Å². The van der Waals surface area contributed by atoms with Crippen molar-refractivity contribution in [3.05, 3.63) is 90.1 Å². The largest absolute Gasteiger partial charge is 0.492 e. The van der Waals surface area contributed by atoms with E-state index >= 15 is 0 Å². The standard InChI is InChI=1S/C31H39N5O3/c1-34(2)21-22-36(24-25-10-5-3-6-11-25)31(38)26-16-19-35(20-17-26)29-15-9-14-28(33-29)30(37)32-18-23-39-27-12-7-4-8-13-27/h3-15,26H,16-24H2,1-2H3,(H,32,37). The first-order valence-corrected chi connectivity index (χ1v) is 13.6. The van der Waals surface area contributed by atoms with Crippen LogP contribution in [-0.2, 0) is 11.3 Å². The predicted octanol–water partition coefficient (Wildman–Crippen LogP) is 3.70. The van der Waals surface area contributed by atoms with Gasteiger partial charge in [0.1, 0.15) is 23.9 Å². The molecule has 8 heteroatoms. The minimum atomic E-state index is -0.226. The van der Waals surface area contributed by atoms with E-state index in [4.69, 9.17) is 4.74 Å². The Morgan fingerprint density at radius 2 is 1.62 bits per heavy atom. The van der Waals surface area contributed by atoms with Crippen molar-refractivity contribution >= 4 is 17.6 Å². The van der Waals surface area contributed by atoms with Crippen LogP contribution in [0.25, 0.3) is 0 Å². The Kier molecular flexibility index (Phi) is 10.3. The van der Waals surface area contributed by atoms with Gasteiger partial charge in [-0.15, -0.1) is 0 Å². The highest BCUT2D eigenvalue weighted by Crippen LogP contribution is 2.24. The number of nitrogens with zero attached hydrogens (tertiary/aromatic N) is 4. The summed E-state index contributed by atoms with van der Waals surface area (Å²) in [7, 11) is 4.06. The maximum absolute atomic E-state index is 13.5. The summed E-state index contributed by atoms with van der Waals surface area (Å²) in [6.07, 6.45) is 1.53. The van der Waals surface area contributed by atoms with Crippen LogP contribution < -0.4 is 15.0 Å².